The third-order valence-electron chi connectivity index (χ3n) is 4.87. The molecule has 3 rings (SSSR count). The fourth-order valence-corrected chi connectivity index (χ4v) is 3.80. The lowest BCUT2D eigenvalue weighted by atomic mass is 10.0. The molecule has 0 aliphatic carbocycles. The maximum Gasteiger partial charge on any atom is 0.328 e. The number of hydrogen-bond donors (Lipinski definition) is 2. The molecule has 2 aromatic carbocycles. The Balaban J connectivity index is 1.73. The largest absolute Gasteiger partial charge is 0.464 e. The summed E-state index contributed by atoms with van der Waals surface area (Å²) in [6.07, 6.45) is 1.50. The molecule has 1 aromatic heterocycles. The van der Waals surface area contributed by atoms with Gasteiger partial charge in [-0.05, 0) is 48.9 Å². The lowest BCUT2D eigenvalue weighted by Gasteiger charge is -2.18. The quantitative estimate of drug-likeness (QED) is 0.226. The molecule has 0 bridgehead atoms. The zero-order chi connectivity index (χ0) is 26.1. The van der Waals surface area contributed by atoms with Gasteiger partial charge in [0.05, 0.1) is 28.5 Å². The van der Waals surface area contributed by atoms with E-state index in [1.807, 2.05) is 0 Å². The van der Waals surface area contributed by atoms with E-state index in [0.717, 1.165) is 0 Å². The van der Waals surface area contributed by atoms with E-state index in [1.54, 1.807) is 61.5 Å². The van der Waals surface area contributed by atoms with Crippen molar-refractivity contribution < 1.29 is 28.4 Å². The molecule has 1 atom stereocenters. The topological polar surface area (TPSA) is 119 Å². The van der Waals surface area contributed by atoms with Crippen molar-refractivity contribution >= 4 is 52.4 Å². The molecule has 0 fully saturated rings. The first-order valence-corrected chi connectivity index (χ1v) is 11.6. The van der Waals surface area contributed by atoms with Crippen LogP contribution in [-0.4, -0.2) is 43.3 Å². The molecule has 3 aromatic rings. The van der Waals surface area contributed by atoms with E-state index in [0.29, 0.717) is 11.3 Å². The van der Waals surface area contributed by atoms with E-state index >= 15 is 0 Å². The maximum atomic E-state index is 12.8. The highest BCUT2D eigenvalue weighted by Gasteiger charge is 2.27. The maximum absolute atomic E-state index is 12.8. The molecule has 0 saturated heterocycles. The molecule has 9 nitrogen and oxygen atoms in total. The Morgan fingerprint density at radius 1 is 1.03 bits per heavy atom. The molecule has 2 N–H and O–H groups in total. The average Bonchev–Trinajstić information content (AvgIpc) is 3.38. The van der Waals surface area contributed by atoms with Crippen molar-refractivity contribution in [2.75, 3.05) is 19.0 Å². The lowest BCUT2D eigenvalue weighted by Crippen LogP contribution is -2.46. The fraction of sp³-hybridized carbons (Fsp3) is 0.200. The molecule has 11 heteroatoms. The van der Waals surface area contributed by atoms with Gasteiger partial charge in [-0.15, -0.1) is 0 Å². The molecule has 1 heterocycles. The van der Waals surface area contributed by atoms with Gasteiger partial charge < -0.3 is 24.6 Å². The van der Waals surface area contributed by atoms with Gasteiger partial charge in [-0.25, -0.2) is 4.79 Å². The van der Waals surface area contributed by atoms with Crippen molar-refractivity contribution in [1.82, 2.24) is 5.32 Å². The van der Waals surface area contributed by atoms with E-state index in [4.69, 9.17) is 37.2 Å². The highest BCUT2D eigenvalue weighted by Crippen LogP contribution is 2.25. The second kappa shape index (κ2) is 12.8. The summed E-state index contributed by atoms with van der Waals surface area (Å²) in [5, 5.41) is 9.52. The molecular formula is C25H23Cl2N3O6. The highest BCUT2D eigenvalue weighted by atomic mass is 35.5. The van der Waals surface area contributed by atoms with Crippen molar-refractivity contribution in [1.29, 1.82) is 0 Å². The minimum absolute atomic E-state index is 0.119. The van der Waals surface area contributed by atoms with Crippen LogP contribution in [-0.2, 0) is 25.6 Å². The first-order chi connectivity index (χ1) is 17.3. The van der Waals surface area contributed by atoms with Crippen LogP contribution in [0.25, 0.3) is 0 Å². The van der Waals surface area contributed by atoms with Crippen molar-refractivity contribution in [3.63, 3.8) is 0 Å². The Bertz CT molecular complexity index is 1220. The molecule has 0 aliphatic heterocycles. The third kappa shape index (κ3) is 6.87. The van der Waals surface area contributed by atoms with Crippen LogP contribution in [0.1, 0.15) is 28.6 Å². The predicted octanol–water partition coefficient (Wildman–Crippen LogP) is 4.48. The number of carbonyl (C=O) groups excluding carboxylic acids is 3. The highest BCUT2D eigenvalue weighted by molar-refractivity contribution is 6.44. The number of benzene rings is 2. The van der Waals surface area contributed by atoms with E-state index in [9.17, 15) is 14.4 Å². The summed E-state index contributed by atoms with van der Waals surface area (Å²) in [7, 11) is 1.29. The lowest BCUT2D eigenvalue weighted by molar-refractivity contribution is -0.146. The minimum Gasteiger partial charge on any atom is -0.464 e. The number of furan rings is 1. The smallest absolute Gasteiger partial charge is 0.328 e. The van der Waals surface area contributed by atoms with Crippen molar-refractivity contribution in [2.45, 2.75) is 19.4 Å². The van der Waals surface area contributed by atoms with Crippen LogP contribution in [0.4, 0.5) is 5.69 Å². The normalized spacial score (nSPS) is 11.9. The molecule has 188 valence electrons. The fourth-order valence-electron chi connectivity index (χ4n) is 3.23. The van der Waals surface area contributed by atoms with Crippen LogP contribution in [0.5, 0.6) is 0 Å². The minimum atomic E-state index is -1.02. The Morgan fingerprint density at radius 3 is 2.31 bits per heavy atom. The summed E-state index contributed by atoms with van der Waals surface area (Å²) in [5.74, 6) is -1.58. The summed E-state index contributed by atoms with van der Waals surface area (Å²) in [4.78, 5) is 42.8. The summed E-state index contributed by atoms with van der Waals surface area (Å²) < 4.78 is 10.4. The molecule has 0 radical (unpaired) electrons. The average molecular weight is 532 g/mol. The molecule has 0 aliphatic rings. The Labute approximate surface area is 217 Å². The number of hydrogen-bond acceptors (Lipinski definition) is 7. The molecule has 2 amide bonds. The van der Waals surface area contributed by atoms with Gasteiger partial charge in [0, 0.05) is 12.1 Å². The van der Waals surface area contributed by atoms with Crippen LogP contribution in [0, 0.1) is 0 Å². The number of carbonyl (C=O) groups is 3. The van der Waals surface area contributed by atoms with Gasteiger partial charge in [0.15, 0.2) is 5.76 Å². The van der Waals surface area contributed by atoms with Crippen LogP contribution in [0.3, 0.4) is 0 Å². The van der Waals surface area contributed by atoms with Gasteiger partial charge in [-0.1, -0.05) is 46.6 Å². The zero-order valence-electron chi connectivity index (χ0n) is 19.4. The molecule has 0 spiro atoms. The number of halogens is 2. The summed E-state index contributed by atoms with van der Waals surface area (Å²) in [6, 6.07) is 13.6. The van der Waals surface area contributed by atoms with E-state index in [1.165, 1.54) is 13.4 Å². The Kier molecular flexibility index (Phi) is 9.49. The van der Waals surface area contributed by atoms with Gasteiger partial charge in [0.2, 0.25) is 5.71 Å². The van der Waals surface area contributed by atoms with Crippen LogP contribution < -0.4 is 10.6 Å². The van der Waals surface area contributed by atoms with Crippen molar-refractivity contribution in [2.24, 2.45) is 5.16 Å². The van der Waals surface area contributed by atoms with Gasteiger partial charge in [0.1, 0.15) is 13.2 Å². The number of nitrogens with zero attached hydrogens (tertiary/aromatic N) is 1. The first-order valence-electron chi connectivity index (χ1n) is 10.8. The van der Waals surface area contributed by atoms with Gasteiger partial charge >= 0.3 is 5.97 Å². The van der Waals surface area contributed by atoms with Gasteiger partial charge in [-0.2, -0.15) is 0 Å². The van der Waals surface area contributed by atoms with Crippen LogP contribution in [0.2, 0.25) is 10.0 Å². The monoisotopic (exact) mass is 531 g/mol. The summed E-state index contributed by atoms with van der Waals surface area (Å²) >= 11 is 12.2. The second-order valence-corrected chi connectivity index (χ2v) is 8.14. The number of rotatable bonds is 10. The van der Waals surface area contributed by atoms with Crippen molar-refractivity contribution in [3.8, 4) is 0 Å². The molecule has 36 heavy (non-hydrogen) atoms. The van der Waals surface area contributed by atoms with Gasteiger partial charge in [0.25, 0.3) is 11.8 Å². The summed E-state index contributed by atoms with van der Waals surface area (Å²) in [6.45, 7) is 1.80. The van der Waals surface area contributed by atoms with Gasteiger partial charge in [-0.3, -0.25) is 9.59 Å². The van der Waals surface area contributed by atoms with Crippen LogP contribution >= 0.6 is 23.2 Å². The number of ether oxygens (including phenoxy) is 1. The number of esters is 1. The first kappa shape index (κ1) is 26.8. The van der Waals surface area contributed by atoms with E-state index in [-0.39, 0.29) is 40.1 Å². The predicted molar refractivity (Wildman–Crippen MR) is 135 cm³/mol. The van der Waals surface area contributed by atoms with E-state index in [2.05, 4.69) is 15.8 Å². The standard InChI is InChI=1S/C25H23Cl2N3O6/c1-3-35-25(33)19(29-24(32)22(30-34-2)20-8-5-13-36-20)14-15-9-11-16(12-10-15)28-23(31)21-17(26)6-4-7-18(21)27/h4-13,19H,3,14H2,1-2H3,(H,28,31)(H,29,32)/t19-/m0/s1. The number of anilines is 1. The Morgan fingerprint density at radius 2 is 1.72 bits per heavy atom. The number of oxime groups is 1. The second-order valence-electron chi connectivity index (χ2n) is 7.33. The zero-order valence-corrected chi connectivity index (χ0v) is 20.9. The van der Waals surface area contributed by atoms with Crippen LogP contribution in [0.15, 0.2) is 70.4 Å². The number of nitrogens with one attached hydrogen (secondary N) is 2. The molecule has 0 unspecified atom stereocenters. The van der Waals surface area contributed by atoms with E-state index < -0.39 is 23.8 Å². The third-order valence-corrected chi connectivity index (χ3v) is 5.50. The molecule has 0 saturated carbocycles. The molecular weight excluding hydrogens is 509 g/mol. The SMILES string of the molecule is CCOC(=O)[C@H](Cc1ccc(NC(=O)c2c(Cl)cccc2Cl)cc1)NC(=O)C(=NOC)c1ccco1. The Hall–Kier alpha value is -3.82. The van der Waals surface area contributed by atoms with Crippen molar-refractivity contribution in [3.05, 3.63) is 87.8 Å². The number of amides is 2. The summed E-state index contributed by atoms with van der Waals surface area (Å²) in [5.41, 5.74) is 1.22.